The molecule has 1 fully saturated rings. The molecule has 5 heterocycles. The summed E-state index contributed by atoms with van der Waals surface area (Å²) in [7, 11) is 1.26. The Balaban J connectivity index is 1.37. The highest BCUT2D eigenvalue weighted by Crippen LogP contribution is 2.42. The molecule has 2 aliphatic rings. The fourth-order valence-electron chi connectivity index (χ4n) is 4.17. The van der Waals surface area contributed by atoms with Gasteiger partial charge in [-0.3, -0.25) is 14.5 Å². The number of anilines is 1. The summed E-state index contributed by atoms with van der Waals surface area (Å²) in [6.45, 7) is 3.54. The molecular formula is C22H21N9O7S3. The van der Waals surface area contributed by atoms with Gasteiger partial charge in [0.05, 0.1) is 0 Å². The van der Waals surface area contributed by atoms with E-state index in [9.17, 15) is 29.4 Å². The lowest BCUT2D eigenvalue weighted by Crippen LogP contribution is -2.71. The molecule has 41 heavy (non-hydrogen) atoms. The van der Waals surface area contributed by atoms with Gasteiger partial charge in [-0.2, -0.15) is 9.50 Å². The van der Waals surface area contributed by atoms with Crippen LogP contribution in [0.1, 0.15) is 27.6 Å². The van der Waals surface area contributed by atoms with Gasteiger partial charge < -0.3 is 26.1 Å². The minimum Gasteiger partial charge on any atom is -0.477 e. The number of aryl methyl sites for hydroxylation is 1. The van der Waals surface area contributed by atoms with Crippen molar-refractivity contribution < 1.29 is 34.2 Å². The van der Waals surface area contributed by atoms with Gasteiger partial charge in [-0.15, -0.1) is 40.0 Å². The number of carbonyl (C=O) groups is 4. The first-order valence-corrected chi connectivity index (χ1v) is 14.6. The van der Waals surface area contributed by atoms with Gasteiger partial charge in [0.2, 0.25) is 0 Å². The van der Waals surface area contributed by atoms with Crippen LogP contribution in [-0.2, 0) is 19.2 Å². The van der Waals surface area contributed by atoms with Gasteiger partial charge in [0, 0.05) is 28.1 Å². The van der Waals surface area contributed by atoms with Crippen molar-refractivity contribution in [2.45, 2.75) is 30.3 Å². The smallest absolute Gasteiger partial charge is 0.375 e. The van der Waals surface area contributed by atoms with Crippen molar-refractivity contribution in [3.8, 4) is 0 Å². The quantitative estimate of drug-likeness (QED) is 0.0834. The van der Waals surface area contributed by atoms with Crippen LogP contribution in [0.4, 0.5) is 5.13 Å². The number of carboxylic acid groups (broad SMARTS) is 2. The third-order valence-electron chi connectivity index (χ3n) is 6.19. The normalized spacial score (nSPS) is 18.8. The Labute approximate surface area is 243 Å². The summed E-state index contributed by atoms with van der Waals surface area (Å²) in [5.74, 6) is -3.79. The molecule has 0 bridgehead atoms. The Bertz CT molecular complexity index is 1680. The molecule has 2 aliphatic heterocycles. The van der Waals surface area contributed by atoms with Crippen molar-refractivity contribution in [1.82, 2.24) is 34.8 Å². The third-order valence-corrected chi connectivity index (χ3v) is 9.45. The molecule has 2 atom stereocenters. The molecule has 3 aromatic rings. The number of carboxylic acids is 2. The zero-order chi connectivity index (χ0) is 29.6. The van der Waals surface area contributed by atoms with Crippen molar-refractivity contribution in [3.63, 3.8) is 0 Å². The van der Waals surface area contributed by atoms with Crippen molar-refractivity contribution in [2.24, 2.45) is 5.16 Å². The van der Waals surface area contributed by atoms with E-state index in [2.05, 4.69) is 30.5 Å². The molecule has 0 spiro atoms. The first kappa shape index (κ1) is 28.3. The largest absolute Gasteiger partial charge is 0.477 e. The van der Waals surface area contributed by atoms with Crippen molar-refractivity contribution in [3.05, 3.63) is 39.4 Å². The van der Waals surface area contributed by atoms with E-state index < -0.39 is 41.0 Å². The molecule has 5 N–H and O–H groups in total. The number of nitrogens with zero attached hydrogens (tertiary/aromatic N) is 7. The Morgan fingerprint density at radius 2 is 2.00 bits per heavy atom. The van der Waals surface area contributed by atoms with E-state index in [1.54, 1.807) is 13.8 Å². The van der Waals surface area contributed by atoms with E-state index in [4.69, 9.17) is 10.6 Å². The van der Waals surface area contributed by atoms with Crippen LogP contribution in [0, 0.1) is 13.8 Å². The lowest BCUT2D eigenvalue weighted by Gasteiger charge is -2.49. The van der Waals surface area contributed by atoms with Gasteiger partial charge in [-0.1, -0.05) is 5.16 Å². The van der Waals surface area contributed by atoms with Crippen LogP contribution in [0.2, 0.25) is 0 Å². The average molecular weight is 620 g/mol. The Hall–Kier alpha value is -4.23. The molecule has 0 aliphatic carbocycles. The van der Waals surface area contributed by atoms with E-state index in [1.807, 2.05) is 0 Å². The molecule has 3 aromatic heterocycles. The Morgan fingerprint density at radius 3 is 2.63 bits per heavy atom. The molecule has 0 aromatic carbocycles. The van der Waals surface area contributed by atoms with E-state index in [1.165, 1.54) is 40.5 Å². The summed E-state index contributed by atoms with van der Waals surface area (Å²) in [4.78, 5) is 67.9. The Morgan fingerprint density at radius 1 is 1.24 bits per heavy atom. The highest BCUT2D eigenvalue weighted by atomic mass is 32.2. The molecule has 0 radical (unpaired) electrons. The number of rotatable bonds is 9. The van der Waals surface area contributed by atoms with Crippen LogP contribution >= 0.6 is 34.9 Å². The number of aromatic carboxylic acids is 1. The van der Waals surface area contributed by atoms with Crippen molar-refractivity contribution in [1.29, 1.82) is 0 Å². The minimum absolute atomic E-state index is 0.103. The number of nitrogens with one attached hydrogen (secondary N) is 1. The first-order valence-electron chi connectivity index (χ1n) is 11.6. The standard InChI is InChI=1S/C22H21N9O7S3/c1-7-8(2)24-22-27-14(20(36)37)28-31(22)17(7)39-4-9-5-40-18-12(16(33)30(18)13(9)19(34)35)26-15(32)11(29-38-3)10-6-41-21(23)25-10/h6,12,18H,4-5H2,1-3H3,(H2,23,25)(H,26,32)(H,34,35)(H,36,37)/t12-,18-/m1/s1. The number of carbonyl (C=O) groups excluding carboxylic acids is 2. The number of β-lactam (4-membered cyclic amide) rings is 1. The van der Waals surface area contributed by atoms with Gasteiger partial charge in [0.1, 0.15) is 34.9 Å². The minimum atomic E-state index is -1.30. The number of nitrogen functional groups attached to an aromatic ring is 1. The molecule has 0 saturated carbocycles. The molecule has 5 rings (SSSR count). The first-order chi connectivity index (χ1) is 19.5. The summed E-state index contributed by atoms with van der Waals surface area (Å²) < 4.78 is 1.31. The Kier molecular flexibility index (Phi) is 7.58. The van der Waals surface area contributed by atoms with Crippen LogP contribution < -0.4 is 11.1 Å². The maximum absolute atomic E-state index is 13.1. The second-order valence-electron chi connectivity index (χ2n) is 8.68. The SMILES string of the molecule is CON=C(C(=O)N[C@@H]1C(=O)N2C(C(=O)O)=C(CSc3c(C)c(C)nc4nc(C(=O)O)nn34)CS[C@H]12)c1csc(N)n1. The summed E-state index contributed by atoms with van der Waals surface area (Å²) in [5, 5.41) is 31.3. The average Bonchev–Trinajstić information content (AvgIpc) is 3.56. The van der Waals surface area contributed by atoms with Gasteiger partial charge in [0.15, 0.2) is 10.8 Å². The number of amides is 2. The molecule has 19 heteroatoms. The van der Waals surface area contributed by atoms with E-state index in [0.717, 1.165) is 21.8 Å². The van der Waals surface area contributed by atoms with Gasteiger partial charge in [-0.25, -0.2) is 19.6 Å². The zero-order valence-electron chi connectivity index (χ0n) is 21.5. The molecular weight excluding hydrogens is 598 g/mol. The molecule has 16 nitrogen and oxygen atoms in total. The fraction of sp³-hybridized carbons (Fsp3) is 0.318. The number of oxime groups is 1. The number of nitrogens with two attached hydrogens (primary N) is 1. The van der Waals surface area contributed by atoms with E-state index in [-0.39, 0.29) is 39.5 Å². The van der Waals surface area contributed by atoms with Crippen LogP contribution in [-0.4, -0.2) is 99.2 Å². The monoisotopic (exact) mass is 619 g/mol. The summed E-state index contributed by atoms with van der Waals surface area (Å²) in [6, 6.07) is -0.997. The summed E-state index contributed by atoms with van der Waals surface area (Å²) >= 11 is 3.64. The summed E-state index contributed by atoms with van der Waals surface area (Å²) in [6.07, 6.45) is 0. The lowest BCUT2D eigenvalue weighted by molar-refractivity contribution is -0.150. The number of fused-ring (bicyclic) bond motifs is 2. The van der Waals surface area contributed by atoms with Crippen molar-refractivity contribution >= 4 is 75.2 Å². The highest BCUT2D eigenvalue weighted by Gasteiger charge is 2.54. The number of aromatic nitrogens is 5. The topological polar surface area (TPSA) is 228 Å². The predicted molar refractivity (Wildman–Crippen MR) is 148 cm³/mol. The fourth-order valence-corrected chi connectivity index (χ4v) is 7.35. The molecule has 2 amide bonds. The van der Waals surface area contributed by atoms with E-state index in [0.29, 0.717) is 16.3 Å². The van der Waals surface area contributed by atoms with Crippen LogP contribution in [0.3, 0.4) is 0 Å². The van der Waals surface area contributed by atoms with E-state index >= 15 is 0 Å². The predicted octanol–water partition coefficient (Wildman–Crippen LogP) is 0.359. The number of thiazole rings is 1. The second-order valence-corrected chi connectivity index (χ2v) is 11.6. The number of aliphatic carboxylic acids is 1. The number of hydrogen-bond acceptors (Lipinski definition) is 14. The van der Waals surface area contributed by atoms with Crippen LogP contribution in [0.25, 0.3) is 5.78 Å². The van der Waals surface area contributed by atoms with Crippen LogP contribution in [0.5, 0.6) is 0 Å². The second kappa shape index (κ2) is 11.0. The highest BCUT2D eigenvalue weighted by molar-refractivity contribution is 8.01. The molecule has 1 saturated heterocycles. The maximum Gasteiger partial charge on any atom is 0.375 e. The summed E-state index contributed by atoms with van der Waals surface area (Å²) in [5.41, 5.74) is 7.30. The van der Waals surface area contributed by atoms with Gasteiger partial charge in [0.25, 0.3) is 23.4 Å². The van der Waals surface area contributed by atoms with Crippen molar-refractivity contribution in [2.75, 3.05) is 24.3 Å². The number of hydrogen-bond donors (Lipinski definition) is 4. The zero-order valence-corrected chi connectivity index (χ0v) is 24.0. The number of thioether (sulfide) groups is 2. The molecule has 0 unspecified atom stereocenters. The van der Waals surface area contributed by atoms with Crippen LogP contribution in [0.15, 0.2) is 26.8 Å². The lowest BCUT2D eigenvalue weighted by atomic mass is 10.0. The molecule has 214 valence electrons. The van der Waals surface area contributed by atoms with Gasteiger partial charge in [-0.05, 0) is 19.4 Å². The van der Waals surface area contributed by atoms with Gasteiger partial charge >= 0.3 is 11.9 Å². The third kappa shape index (κ3) is 5.06. The maximum atomic E-state index is 13.1.